The first-order valence-electron chi connectivity index (χ1n) is 11.4. The molecular weight excluding hydrogens is 464 g/mol. The van der Waals surface area contributed by atoms with E-state index in [0.717, 1.165) is 6.07 Å². The number of ketones is 1. The number of hydrogen-bond donors (Lipinski definition) is 1. The topological polar surface area (TPSA) is 119 Å². The zero-order chi connectivity index (χ0) is 25.8. The van der Waals surface area contributed by atoms with E-state index in [4.69, 9.17) is 9.47 Å². The summed E-state index contributed by atoms with van der Waals surface area (Å²) in [5, 5.41) is 22.5. The molecule has 1 aliphatic heterocycles. The van der Waals surface area contributed by atoms with Gasteiger partial charge in [0.1, 0.15) is 17.3 Å². The first kappa shape index (κ1) is 24.5. The van der Waals surface area contributed by atoms with E-state index in [1.54, 1.807) is 48.5 Å². The maximum atomic E-state index is 13.3. The molecule has 1 atom stereocenters. The van der Waals surface area contributed by atoms with Crippen LogP contribution in [0.5, 0.6) is 11.5 Å². The van der Waals surface area contributed by atoms with Gasteiger partial charge in [-0.05, 0) is 43.7 Å². The highest BCUT2D eigenvalue weighted by Gasteiger charge is 2.47. The minimum absolute atomic E-state index is 0.0567. The number of aliphatic hydroxyl groups is 1. The zero-order valence-corrected chi connectivity index (χ0v) is 19.7. The molecule has 1 saturated heterocycles. The van der Waals surface area contributed by atoms with E-state index >= 15 is 0 Å². The van der Waals surface area contributed by atoms with Gasteiger partial charge in [-0.15, -0.1) is 0 Å². The van der Waals surface area contributed by atoms with Crippen LogP contribution in [0.4, 0.5) is 11.4 Å². The van der Waals surface area contributed by atoms with Gasteiger partial charge in [0.05, 0.1) is 29.8 Å². The number of carbonyl (C=O) groups is 2. The average Bonchev–Trinajstić information content (AvgIpc) is 3.15. The van der Waals surface area contributed by atoms with E-state index in [2.05, 4.69) is 0 Å². The number of ether oxygens (including phenoxy) is 2. The molecule has 0 aromatic heterocycles. The number of rotatable bonds is 8. The molecule has 1 amide bonds. The SMILES string of the molecule is CCOc1ccc(C2/C(=C(/O)c3cccc([N+](=O)[O-])c3)C(=O)C(=O)N2c2cccc(OCC)c2)cc1. The van der Waals surface area contributed by atoms with Gasteiger partial charge >= 0.3 is 0 Å². The Morgan fingerprint density at radius 2 is 1.61 bits per heavy atom. The van der Waals surface area contributed by atoms with Gasteiger partial charge in [0.2, 0.25) is 0 Å². The maximum Gasteiger partial charge on any atom is 0.300 e. The summed E-state index contributed by atoms with van der Waals surface area (Å²) >= 11 is 0. The van der Waals surface area contributed by atoms with Crippen LogP contribution in [0.2, 0.25) is 0 Å². The first-order valence-corrected chi connectivity index (χ1v) is 11.4. The van der Waals surface area contributed by atoms with Crippen molar-refractivity contribution in [2.45, 2.75) is 19.9 Å². The molecular formula is C27H24N2O7. The number of Topliss-reactive ketones (excluding diaryl/α,β-unsaturated/α-hetero) is 1. The van der Waals surface area contributed by atoms with Crippen molar-refractivity contribution in [2.24, 2.45) is 0 Å². The summed E-state index contributed by atoms with van der Waals surface area (Å²) < 4.78 is 11.1. The van der Waals surface area contributed by atoms with Crippen LogP contribution >= 0.6 is 0 Å². The highest BCUT2D eigenvalue weighted by atomic mass is 16.6. The van der Waals surface area contributed by atoms with Gasteiger partial charge in [-0.3, -0.25) is 24.6 Å². The quantitative estimate of drug-likeness (QED) is 0.155. The molecule has 36 heavy (non-hydrogen) atoms. The van der Waals surface area contributed by atoms with Gasteiger partial charge in [-0.25, -0.2) is 0 Å². The standard InChI is InChI=1S/C27H24N2O7/c1-3-35-21-13-11-17(12-14-21)24-23(25(30)18-7-5-9-20(15-18)29(33)34)26(31)27(32)28(24)19-8-6-10-22(16-19)36-4-2/h5-16,24,30H,3-4H2,1-2H3/b25-23-. The summed E-state index contributed by atoms with van der Waals surface area (Å²) in [5.41, 5.74) is 0.578. The van der Waals surface area contributed by atoms with Crippen molar-refractivity contribution in [2.75, 3.05) is 18.1 Å². The van der Waals surface area contributed by atoms with Crippen molar-refractivity contribution in [3.05, 3.63) is 99.6 Å². The molecule has 184 valence electrons. The summed E-state index contributed by atoms with van der Waals surface area (Å²) in [4.78, 5) is 38.6. The largest absolute Gasteiger partial charge is 0.507 e. The first-order chi connectivity index (χ1) is 17.3. The molecule has 1 aliphatic rings. The molecule has 0 bridgehead atoms. The summed E-state index contributed by atoms with van der Waals surface area (Å²) in [5.74, 6) is -1.12. The summed E-state index contributed by atoms with van der Waals surface area (Å²) in [6.45, 7) is 4.57. The molecule has 0 saturated carbocycles. The molecule has 1 heterocycles. The number of nitro groups is 1. The Morgan fingerprint density at radius 3 is 2.28 bits per heavy atom. The summed E-state index contributed by atoms with van der Waals surface area (Å²) in [6, 6.07) is 17.9. The molecule has 3 aromatic rings. The fourth-order valence-corrected chi connectivity index (χ4v) is 4.14. The maximum absolute atomic E-state index is 13.3. The Morgan fingerprint density at radius 1 is 0.944 bits per heavy atom. The van der Waals surface area contributed by atoms with Crippen LogP contribution in [0.25, 0.3) is 5.76 Å². The highest BCUT2D eigenvalue weighted by molar-refractivity contribution is 6.51. The lowest BCUT2D eigenvalue weighted by atomic mass is 9.95. The van der Waals surface area contributed by atoms with E-state index in [1.807, 2.05) is 13.8 Å². The molecule has 1 unspecified atom stereocenters. The van der Waals surface area contributed by atoms with Crippen molar-refractivity contribution in [1.29, 1.82) is 0 Å². The van der Waals surface area contributed by atoms with Crippen molar-refractivity contribution in [3.8, 4) is 11.5 Å². The Labute approximate surface area is 207 Å². The van der Waals surface area contributed by atoms with Crippen LogP contribution in [0, 0.1) is 10.1 Å². The van der Waals surface area contributed by atoms with Crippen LogP contribution < -0.4 is 14.4 Å². The number of carbonyl (C=O) groups excluding carboxylic acids is 2. The van der Waals surface area contributed by atoms with Crippen molar-refractivity contribution < 1.29 is 29.1 Å². The van der Waals surface area contributed by atoms with Crippen LogP contribution in [0.1, 0.15) is 31.0 Å². The Bertz CT molecular complexity index is 1350. The van der Waals surface area contributed by atoms with Gasteiger partial charge in [-0.1, -0.05) is 30.3 Å². The van der Waals surface area contributed by atoms with E-state index in [0.29, 0.717) is 36.0 Å². The molecule has 3 aromatic carbocycles. The zero-order valence-electron chi connectivity index (χ0n) is 19.7. The minimum Gasteiger partial charge on any atom is -0.507 e. The third-order valence-electron chi connectivity index (χ3n) is 5.69. The van der Waals surface area contributed by atoms with Crippen LogP contribution in [-0.2, 0) is 9.59 Å². The number of hydrogen-bond acceptors (Lipinski definition) is 7. The van der Waals surface area contributed by atoms with E-state index in [9.17, 15) is 24.8 Å². The number of anilines is 1. The molecule has 0 radical (unpaired) electrons. The van der Waals surface area contributed by atoms with E-state index in [1.165, 1.54) is 23.1 Å². The Balaban J connectivity index is 1.91. The number of nitrogens with zero attached hydrogens (tertiary/aromatic N) is 2. The number of benzene rings is 3. The summed E-state index contributed by atoms with van der Waals surface area (Å²) in [7, 11) is 0. The highest BCUT2D eigenvalue weighted by Crippen LogP contribution is 2.43. The number of amides is 1. The fraction of sp³-hybridized carbons (Fsp3) is 0.185. The second-order valence-corrected chi connectivity index (χ2v) is 7.91. The molecule has 1 N–H and O–H groups in total. The second kappa shape index (κ2) is 10.3. The molecule has 0 aliphatic carbocycles. The lowest BCUT2D eigenvalue weighted by molar-refractivity contribution is -0.384. The van der Waals surface area contributed by atoms with Gasteiger partial charge in [0, 0.05) is 29.4 Å². The molecule has 4 rings (SSSR count). The van der Waals surface area contributed by atoms with E-state index in [-0.39, 0.29) is 16.8 Å². The lowest BCUT2D eigenvalue weighted by Crippen LogP contribution is -2.29. The van der Waals surface area contributed by atoms with Gasteiger partial charge in [0.15, 0.2) is 0 Å². The predicted octanol–water partition coefficient (Wildman–Crippen LogP) is 5.02. The second-order valence-electron chi connectivity index (χ2n) is 7.91. The molecule has 9 nitrogen and oxygen atoms in total. The Kier molecular flexibility index (Phi) is 7.00. The van der Waals surface area contributed by atoms with Gasteiger partial charge in [-0.2, -0.15) is 0 Å². The van der Waals surface area contributed by atoms with Crippen LogP contribution in [-0.4, -0.2) is 34.9 Å². The van der Waals surface area contributed by atoms with Gasteiger partial charge < -0.3 is 14.6 Å². The lowest BCUT2D eigenvalue weighted by Gasteiger charge is -2.26. The molecule has 1 fully saturated rings. The number of nitro benzene ring substituents is 1. The average molecular weight is 488 g/mol. The monoisotopic (exact) mass is 488 g/mol. The normalized spacial score (nSPS) is 16.7. The Hall–Kier alpha value is -4.66. The van der Waals surface area contributed by atoms with Crippen molar-refractivity contribution in [3.63, 3.8) is 0 Å². The van der Waals surface area contributed by atoms with Crippen LogP contribution in [0.15, 0.2) is 78.4 Å². The third kappa shape index (κ3) is 4.63. The van der Waals surface area contributed by atoms with Gasteiger partial charge in [0.25, 0.3) is 17.4 Å². The number of non-ortho nitro benzene ring substituents is 1. The van der Waals surface area contributed by atoms with Crippen LogP contribution in [0.3, 0.4) is 0 Å². The molecule has 0 spiro atoms. The number of aliphatic hydroxyl groups excluding tert-OH is 1. The molecule has 9 heteroatoms. The van der Waals surface area contributed by atoms with Crippen molar-refractivity contribution >= 4 is 28.8 Å². The van der Waals surface area contributed by atoms with Crippen molar-refractivity contribution in [1.82, 2.24) is 0 Å². The smallest absolute Gasteiger partial charge is 0.300 e. The van der Waals surface area contributed by atoms with E-state index < -0.39 is 28.4 Å². The third-order valence-corrected chi connectivity index (χ3v) is 5.69. The fourth-order valence-electron chi connectivity index (χ4n) is 4.14. The summed E-state index contributed by atoms with van der Waals surface area (Å²) in [6.07, 6.45) is 0. The minimum atomic E-state index is -0.989. The predicted molar refractivity (Wildman–Crippen MR) is 133 cm³/mol.